The van der Waals surface area contributed by atoms with E-state index in [-0.39, 0.29) is 0 Å². The maximum absolute atomic E-state index is 5.63. The maximum atomic E-state index is 5.63. The zero-order chi connectivity index (χ0) is 18.6. The molecule has 1 fully saturated rings. The molecule has 0 spiro atoms. The number of aryl methyl sites for hydroxylation is 1. The first-order valence-corrected chi connectivity index (χ1v) is 10.2. The molecule has 0 radical (unpaired) electrons. The van der Waals surface area contributed by atoms with Crippen molar-refractivity contribution in [2.45, 2.75) is 77.8 Å². The van der Waals surface area contributed by atoms with Crippen LogP contribution in [-0.4, -0.2) is 46.5 Å². The molecule has 1 aromatic heterocycles. The van der Waals surface area contributed by atoms with E-state index >= 15 is 0 Å². The van der Waals surface area contributed by atoms with Gasteiger partial charge in [0.15, 0.2) is 11.8 Å². The van der Waals surface area contributed by atoms with Crippen LogP contribution in [0.5, 0.6) is 0 Å². The molecule has 1 heterocycles. The van der Waals surface area contributed by atoms with Crippen LogP contribution >= 0.6 is 0 Å². The van der Waals surface area contributed by atoms with Gasteiger partial charge in [0.05, 0.1) is 0 Å². The zero-order valence-electron chi connectivity index (χ0n) is 16.8. The molecule has 0 atom stereocenters. The van der Waals surface area contributed by atoms with Crippen LogP contribution in [0.15, 0.2) is 4.99 Å². The molecule has 7 heteroatoms. The van der Waals surface area contributed by atoms with Gasteiger partial charge in [-0.25, -0.2) is 4.99 Å². The first-order chi connectivity index (χ1) is 12.7. The van der Waals surface area contributed by atoms with Gasteiger partial charge in [-0.05, 0) is 32.6 Å². The minimum atomic E-state index is 0.525. The summed E-state index contributed by atoms with van der Waals surface area (Å²) in [5.74, 6) is 2.68. The molecule has 26 heavy (non-hydrogen) atoms. The summed E-state index contributed by atoms with van der Waals surface area (Å²) in [4.78, 5) is 4.74. The van der Waals surface area contributed by atoms with E-state index in [2.05, 4.69) is 27.8 Å². The van der Waals surface area contributed by atoms with Gasteiger partial charge >= 0.3 is 0 Å². The smallest absolute Gasteiger partial charge is 0.191 e. The Morgan fingerprint density at radius 2 is 1.96 bits per heavy atom. The van der Waals surface area contributed by atoms with E-state index in [4.69, 9.17) is 9.73 Å². The molecule has 7 nitrogen and oxygen atoms in total. The molecule has 1 aromatic rings. The molecule has 2 rings (SSSR count). The first-order valence-electron chi connectivity index (χ1n) is 10.2. The standard InChI is InChI=1S/C19H36N6O/c1-4-5-13-26-14-9-12-20-19(22-17-10-7-6-8-11-17)21-15-18-24-23-16(2)25(18)3/h17H,4-15H2,1-3H3,(H2,20,21,22). The van der Waals surface area contributed by atoms with Crippen LogP contribution in [-0.2, 0) is 18.3 Å². The van der Waals surface area contributed by atoms with E-state index in [0.29, 0.717) is 12.6 Å². The number of nitrogens with zero attached hydrogens (tertiary/aromatic N) is 4. The number of hydrogen-bond acceptors (Lipinski definition) is 4. The number of unbranched alkanes of at least 4 members (excludes halogenated alkanes) is 1. The molecule has 1 aliphatic rings. The number of ether oxygens (including phenoxy) is 1. The van der Waals surface area contributed by atoms with Crippen molar-refractivity contribution < 1.29 is 4.74 Å². The summed E-state index contributed by atoms with van der Waals surface area (Å²) in [6, 6.07) is 0.525. The lowest BCUT2D eigenvalue weighted by molar-refractivity contribution is 0.129. The third kappa shape index (κ3) is 7.32. The molecule has 148 valence electrons. The first kappa shape index (κ1) is 20.7. The van der Waals surface area contributed by atoms with E-state index in [9.17, 15) is 0 Å². The third-order valence-corrected chi connectivity index (χ3v) is 4.91. The number of aromatic nitrogens is 3. The van der Waals surface area contributed by atoms with E-state index in [0.717, 1.165) is 50.2 Å². The van der Waals surface area contributed by atoms with Gasteiger partial charge in [0.25, 0.3) is 0 Å². The number of hydrogen-bond donors (Lipinski definition) is 2. The van der Waals surface area contributed by atoms with Crippen molar-refractivity contribution in [1.29, 1.82) is 0 Å². The van der Waals surface area contributed by atoms with Gasteiger partial charge in [-0.2, -0.15) is 0 Å². The Hall–Kier alpha value is -1.63. The zero-order valence-corrected chi connectivity index (χ0v) is 16.8. The average Bonchev–Trinajstić information content (AvgIpc) is 2.98. The second-order valence-electron chi connectivity index (χ2n) is 7.11. The summed E-state index contributed by atoms with van der Waals surface area (Å²) < 4.78 is 7.62. The van der Waals surface area contributed by atoms with Crippen LogP contribution in [0.1, 0.15) is 69.9 Å². The van der Waals surface area contributed by atoms with Crippen molar-refractivity contribution in [2.75, 3.05) is 19.8 Å². The molecule has 1 aliphatic carbocycles. The summed E-state index contributed by atoms with van der Waals surface area (Å²) in [5, 5.41) is 15.4. The highest BCUT2D eigenvalue weighted by atomic mass is 16.5. The lowest BCUT2D eigenvalue weighted by Crippen LogP contribution is -2.44. The minimum absolute atomic E-state index is 0.525. The number of aliphatic imine (C=N–C) groups is 1. The summed E-state index contributed by atoms with van der Waals surface area (Å²) in [6.45, 7) is 7.20. The van der Waals surface area contributed by atoms with Crippen LogP contribution in [0, 0.1) is 6.92 Å². The summed E-state index contributed by atoms with van der Waals surface area (Å²) in [6.07, 6.45) is 9.72. The molecular weight excluding hydrogens is 328 g/mol. The highest BCUT2D eigenvalue weighted by Crippen LogP contribution is 2.17. The van der Waals surface area contributed by atoms with Crippen molar-refractivity contribution in [3.8, 4) is 0 Å². The largest absolute Gasteiger partial charge is 0.381 e. The molecule has 0 bridgehead atoms. The maximum Gasteiger partial charge on any atom is 0.191 e. The van der Waals surface area contributed by atoms with Crippen LogP contribution in [0.3, 0.4) is 0 Å². The molecule has 0 aromatic carbocycles. The molecule has 0 amide bonds. The van der Waals surface area contributed by atoms with Crippen LogP contribution in [0.4, 0.5) is 0 Å². The van der Waals surface area contributed by atoms with Gasteiger partial charge in [0.2, 0.25) is 0 Å². The van der Waals surface area contributed by atoms with Crippen LogP contribution in [0.25, 0.3) is 0 Å². The lowest BCUT2D eigenvalue weighted by Gasteiger charge is -2.25. The van der Waals surface area contributed by atoms with Crippen molar-refractivity contribution in [3.05, 3.63) is 11.6 Å². The second kappa shape index (κ2) is 11.9. The molecular formula is C19H36N6O. The van der Waals surface area contributed by atoms with E-state index < -0.39 is 0 Å². The number of nitrogens with one attached hydrogen (secondary N) is 2. The number of guanidine groups is 1. The third-order valence-electron chi connectivity index (χ3n) is 4.91. The molecule has 2 N–H and O–H groups in total. The van der Waals surface area contributed by atoms with Crippen molar-refractivity contribution in [3.63, 3.8) is 0 Å². The molecule has 0 saturated heterocycles. The van der Waals surface area contributed by atoms with E-state index in [1.165, 1.54) is 38.5 Å². The fourth-order valence-electron chi connectivity index (χ4n) is 3.06. The second-order valence-corrected chi connectivity index (χ2v) is 7.11. The van der Waals surface area contributed by atoms with E-state index in [1.807, 2.05) is 18.5 Å². The summed E-state index contributed by atoms with van der Waals surface area (Å²) in [7, 11) is 1.98. The quantitative estimate of drug-likeness (QED) is 0.379. The monoisotopic (exact) mass is 364 g/mol. The minimum Gasteiger partial charge on any atom is -0.381 e. The van der Waals surface area contributed by atoms with Crippen molar-refractivity contribution in [1.82, 2.24) is 25.4 Å². The lowest BCUT2D eigenvalue weighted by atomic mass is 9.96. The molecule has 0 aliphatic heterocycles. The normalized spacial score (nSPS) is 16.0. The fraction of sp³-hybridized carbons (Fsp3) is 0.842. The summed E-state index contributed by atoms with van der Waals surface area (Å²) >= 11 is 0. The number of rotatable bonds is 10. The molecule has 0 unspecified atom stereocenters. The average molecular weight is 365 g/mol. The SMILES string of the molecule is CCCCOCCCNC(=NCc1nnc(C)n1C)NC1CCCCC1. The van der Waals surface area contributed by atoms with Crippen LogP contribution < -0.4 is 10.6 Å². The highest BCUT2D eigenvalue weighted by Gasteiger charge is 2.15. The van der Waals surface area contributed by atoms with Gasteiger partial charge in [0, 0.05) is 32.8 Å². The van der Waals surface area contributed by atoms with Crippen LogP contribution in [0.2, 0.25) is 0 Å². The fourth-order valence-corrected chi connectivity index (χ4v) is 3.06. The predicted molar refractivity (Wildman–Crippen MR) is 105 cm³/mol. The Morgan fingerprint density at radius 3 is 2.65 bits per heavy atom. The Labute approximate surface area is 158 Å². The van der Waals surface area contributed by atoms with Gasteiger partial charge in [0.1, 0.15) is 12.4 Å². The Morgan fingerprint density at radius 1 is 1.19 bits per heavy atom. The van der Waals surface area contributed by atoms with Crippen molar-refractivity contribution >= 4 is 5.96 Å². The van der Waals surface area contributed by atoms with Gasteiger partial charge in [-0.3, -0.25) is 0 Å². The Balaban J connectivity index is 1.82. The van der Waals surface area contributed by atoms with Gasteiger partial charge in [-0.1, -0.05) is 32.6 Å². The van der Waals surface area contributed by atoms with Gasteiger partial charge < -0.3 is 19.9 Å². The highest BCUT2D eigenvalue weighted by molar-refractivity contribution is 5.80. The molecule has 1 saturated carbocycles. The van der Waals surface area contributed by atoms with E-state index in [1.54, 1.807) is 0 Å². The topological polar surface area (TPSA) is 76.4 Å². The summed E-state index contributed by atoms with van der Waals surface area (Å²) in [5.41, 5.74) is 0. The Bertz CT molecular complexity index is 536. The van der Waals surface area contributed by atoms with Gasteiger partial charge in [-0.15, -0.1) is 10.2 Å². The van der Waals surface area contributed by atoms with Crippen molar-refractivity contribution in [2.24, 2.45) is 12.0 Å². The predicted octanol–water partition coefficient (Wildman–Crippen LogP) is 2.70. The Kier molecular flexibility index (Phi) is 9.45.